The zero-order chi connectivity index (χ0) is 10.9. The number of hydrogen-bond acceptors (Lipinski definition) is 3. The molecule has 0 N–H and O–H groups in total. The lowest BCUT2D eigenvalue weighted by molar-refractivity contribution is -0.0691. The summed E-state index contributed by atoms with van der Waals surface area (Å²) in [4.78, 5) is 2.47. The summed E-state index contributed by atoms with van der Waals surface area (Å²) in [6.07, 6.45) is 3.88. The molecule has 0 aromatic rings. The van der Waals surface area contributed by atoms with Gasteiger partial charge < -0.3 is 9.47 Å². The summed E-state index contributed by atoms with van der Waals surface area (Å²) in [5, 5.41) is 0. The second-order valence-electron chi connectivity index (χ2n) is 4.22. The molecule has 3 nitrogen and oxygen atoms in total. The molecule has 1 saturated heterocycles. The predicted octanol–water partition coefficient (Wildman–Crippen LogP) is 1.91. The molecule has 0 saturated carbocycles. The highest BCUT2D eigenvalue weighted by Gasteiger charge is 2.19. The van der Waals surface area contributed by atoms with Crippen LogP contribution in [-0.2, 0) is 9.47 Å². The standard InChI is InChI=1S/C12H25NO2/c1-3-5-8-14-11-12-10-13(6-4-2)7-9-15-12/h12H,3-11H2,1-2H3. The van der Waals surface area contributed by atoms with E-state index in [9.17, 15) is 0 Å². The molecular weight excluding hydrogens is 190 g/mol. The number of nitrogens with zero attached hydrogens (tertiary/aromatic N) is 1. The predicted molar refractivity (Wildman–Crippen MR) is 62.2 cm³/mol. The first kappa shape index (κ1) is 12.9. The van der Waals surface area contributed by atoms with Crippen molar-refractivity contribution in [1.82, 2.24) is 4.90 Å². The minimum Gasteiger partial charge on any atom is -0.379 e. The summed E-state index contributed by atoms with van der Waals surface area (Å²) < 4.78 is 11.3. The van der Waals surface area contributed by atoms with Gasteiger partial charge in [0.15, 0.2) is 0 Å². The molecule has 1 fully saturated rings. The van der Waals surface area contributed by atoms with Crippen LogP contribution in [0.1, 0.15) is 33.1 Å². The van der Waals surface area contributed by atoms with Crippen molar-refractivity contribution in [2.45, 2.75) is 39.2 Å². The van der Waals surface area contributed by atoms with E-state index in [4.69, 9.17) is 9.47 Å². The maximum Gasteiger partial charge on any atom is 0.0935 e. The van der Waals surface area contributed by atoms with E-state index < -0.39 is 0 Å². The van der Waals surface area contributed by atoms with Crippen LogP contribution < -0.4 is 0 Å². The molecule has 15 heavy (non-hydrogen) atoms. The van der Waals surface area contributed by atoms with Gasteiger partial charge in [0.2, 0.25) is 0 Å². The van der Waals surface area contributed by atoms with Crippen LogP contribution in [-0.4, -0.2) is 50.5 Å². The van der Waals surface area contributed by atoms with Crippen LogP contribution in [0.15, 0.2) is 0 Å². The van der Waals surface area contributed by atoms with Gasteiger partial charge in [0.05, 0.1) is 19.3 Å². The molecule has 1 atom stereocenters. The first-order valence-electron chi connectivity index (χ1n) is 6.28. The molecule has 0 radical (unpaired) electrons. The van der Waals surface area contributed by atoms with Gasteiger partial charge in [-0.3, -0.25) is 4.90 Å². The van der Waals surface area contributed by atoms with E-state index >= 15 is 0 Å². The van der Waals surface area contributed by atoms with E-state index in [-0.39, 0.29) is 0 Å². The lowest BCUT2D eigenvalue weighted by Gasteiger charge is -2.32. The summed E-state index contributed by atoms with van der Waals surface area (Å²) >= 11 is 0. The van der Waals surface area contributed by atoms with Crippen LogP contribution in [0.5, 0.6) is 0 Å². The molecule has 1 aliphatic rings. The molecule has 0 amide bonds. The Labute approximate surface area is 93.7 Å². The smallest absolute Gasteiger partial charge is 0.0935 e. The van der Waals surface area contributed by atoms with Gasteiger partial charge in [0, 0.05) is 19.7 Å². The van der Waals surface area contributed by atoms with Gasteiger partial charge in [0.1, 0.15) is 0 Å². The van der Waals surface area contributed by atoms with Crippen molar-refractivity contribution in [1.29, 1.82) is 0 Å². The van der Waals surface area contributed by atoms with E-state index in [2.05, 4.69) is 18.7 Å². The van der Waals surface area contributed by atoms with Crippen LogP contribution in [0.2, 0.25) is 0 Å². The zero-order valence-electron chi connectivity index (χ0n) is 10.2. The van der Waals surface area contributed by atoms with Gasteiger partial charge in [-0.25, -0.2) is 0 Å². The van der Waals surface area contributed by atoms with Crippen molar-refractivity contribution in [3.63, 3.8) is 0 Å². The van der Waals surface area contributed by atoms with Crippen LogP contribution in [0, 0.1) is 0 Å². The Morgan fingerprint density at radius 3 is 2.93 bits per heavy atom. The molecule has 1 heterocycles. The fourth-order valence-corrected chi connectivity index (χ4v) is 1.86. The molecule has 1 unspecified atom stereocenters. The molecule has 3 heteroatoms. The van der Waals surface area contributed by atoms with Crippen molar-refractivity contribution in [3.8, 4) is 0 Å². The quantitative estimate of drug-likeness (QED) is 0.606. The largest absolute Gasteiger partial charge is 0.379 e. The fraction of sp³-hybridized carbons (Fsp3) is 1.00. The Balaban J connectivity index is 2.07. The molecule has 1 rings (SSSR count). The number of ether oxygens (including phenoxy) is 2. The van der Waals surface area contributed by atoms with E-state index in [1.54, 1.807) is 0 Å². The van der Waals surface area contributed by atoms with Crippen LogP contribution >= 0.6 is 0 Å². The van der Waals surface area contributed by atoms with Gasteiger partial charge in [-0.2, -0.15) is 0 Å². The molecule has 0 aromatic carbocycles. The maximum atomic E-state index is 5.67. The molecular formula is C12H25NO2. The third-order valence-corrected chi connectivity index (χ3v) is 2.71. The van der Waals surface area contributed by atoms with Crippen molar-refractivity contribution in [2.24, 2.45) is 0 Å². The van der Waals surface area contributed by atoms with Gasteiger partial charge >= 0.3 is 0 Å². The SMILES string of the molecule is CCCCOCC1CN(CCC)CCO1. The minimum atomic E-state index is 0.294. The Morgan fingerprint density at radius 2 is 2.20 bits per heavy atom. The zero-order valence-corrected chi connectivity index (χ0v) is 10.2. The third-order valence-electron chi connectivity index (χ3n) is 2.71. The Hall–Kier alpha value is -0.120. The summed E-state index contributed by atoms with van der Waals surface area (Å²) in [7, 11) is 0. The van der Waals surface area contributed by atoms with E-state index in [1.165, 1.54) is 19.4 Å². The van der Waals surface area contributed by atoms with E-state index in [1.807, 2.05) is 0 Å². The highest BCUT2D eigenvalue weighted by Crippen LogP contribution is 2.06. The second kappa shape index (κ2) is 8.08. The lowest BCUT2D eigenvalue weighted by atomic mass is 10.2. The Morgan fingerprint density at radius 1 is 1.33 bits per heavy atom. The molecule has 0 aliphatic carbocycles. The first-order valence-corrected chi connectivity index (χ1v) is 6.28. The molecule has 0 aromatic heterocycles. The van der Waals surface area contributed by atoms with Crippen LogP contribution in [0.3, 0.4) is 0 Å². The van der Waals surface area contributed by atoms with Crippen molar-refractivity contribution in [2.75, 3.05) is 39.5 Å². The number of unbranched alkanes of at least 4 members (excludes halogenated alkanes) is 1. The summed E-state index contributed by atoms with van der Waals surface area (Å²) in [5.41, 5.74) is 0. The summed E-state index contributed by atoms with van der Waals surface area (Å²) in [6.45, 7) is 10.2. The van der Waals surface area contributed by atoms with Gasteiger partial charge in [-0.05, 0) is 19.4 Å². The Bertz CT molecular complexity index is 151. The highest BCUT2D eigenvalue weighted by atomic mass is 16.5. The number of hydrogen-bond donors (Lipinski definition) is 0. The first-order chi connectivity index (χ1) is 7.36. The average Bonchev–Trinajstić information content (AvgIpc) is 2.26. The van der Waals surface area contributed by atoms with Crippen molar-refractivity contribution < 1.29 is 9.47 Å². The molecule has 1 aliphatic heterocycles. The van der Waals surface area contributed by atoms with Crippen molar-refractivity contribution >= 4 is 0 Å². The molecule has 90 valence electrons. The topological polar surface area (TPSA) is 21.7 Å². The number of morpholine rings is 1. The maximum absolute atomic E-state index is 5.67. The van der Waals surface area contributed by atoms with E-state index in [0.717, 1.165) is 39.3 Å². The average molecular weight is 215 g/mol. The van der Waals surface area contributed by atoms with Gasteiger partial charge in [-0.1, -0.05) is 20.3 Å². The molecule has 0 bridgehead atoms. The van der Waals surface area contributed by atoms with Crippen molar-refractivity contribution in [3.05, 3.63) is 0 Å². The van der Waals surface area contributed by atoms with E-state index in [0.29, 0.717) is 6.10 Å². The second-order valence-corrected chi connectivity index (χ2v) is 4.22. The summed E-state index contributed by atoms with van der Waals surface area (Å²) in [6, 6.07) is 0. The fourth-order valence-electron chi connectivity index (χ4n) is 1.86. The number of rotatable bonds is 7. The highest BCUT2D eigenvalue weighted by molar-refractivity contribution is 4.70. The van der Waals surface area contributed by atoms with Gasteiger partial charge in [-0.15, -0.1) is 0 Å². The van der Waals surface area contributed by atoms with Crippen LogP contribution in [0.4, 0.5) is 0 Å². The molecule has 0 spiro atoms. The minimum absolute atomic E-state index is 0.294. The lowest BCUT2D eigenvalue weighted by Crippen LogP contribution is -2.44. The normalized spacial score (nSPS) is 23.2. The third kappa shape index (κ3) is 5.50. The van der Waals surface area contributed by atoms with Crippen LogP contribution in [0.25, 0.3) is 0 Å². The van der Waals surface area contributed by atoms with Gasteiger partial charge in [0.25, 0.3) is 0 Å². The Kier molecular flexibility index (Phi) is 6.98. The monoisotopic (exact) mass is 215 g/mol. The summed E-state index contributed by atoms with van der Waals surface area (Å²) in [5.74, 6) is 0.